The zero-order chi connectivity index (χ0) is 13.8. The van der Waals surface area contributed by atoms with E-state index in [9.17, 15) is 9.18 Å². The maximum absolute atomic E-state index is 13.2. The molecule has 0 bridgehead atoms. The number of carbonyl (C=O) groups is 1. The van der Waals surface area contributed by atoms with Crippen LogP contribution >= 0.6 is 27.5 Å². The van der Waals surface area contributed by atoms with Gasteiger partial charge in [-0.3, -0.25) is 4.79 Å². The Labute approximate surface area is 126 Å². The number of hydrogen-bond donors (Lipinski definition) is 0. The summed E-state index contributed by atoms with van der Waals surface area (Å²) in [6, 6.07) is 4.46. The molecule has 2 nitrogen and oxygen atoms in total. The molecular formula is C14H16BrClFNO. The van der Waals surface area contributed by atoms with E-state index in [2.05, 4.69) is 15.9 Å². The maximum atomic E-state index is 13.2. The molecule has 5 heteroatoms. The second-order valence-corrected chi connectivity index (χ2v) is 6.07. The average molecular weight is 349 g/mol. The summed E-state index contributed by atoms with van der Waals surface area (Å²) in [5.74, 6) is -0.433. The van der Waals surface area contributed by atoms with E-state index in [-0.39, 0.29) is 11.7 Å². The fourth-order valence-electron chi connectivity index (χ4n) is 2.26. The monoisotopic (exact) mass is 347 g/mol. The van der Waals surface area contributed by atoms with Crippen molar-refractivity contribution in [1.29, 1.82) is 0 Å². The number of rotatable bonds is 2. The van der Waals surface area contributed by atoms with Gasteiger partial charge in [0.25, 0.3) is 0 Å². The van der Waals surface area contributed by atoms with Crippen LogP contribution in [-0.2, 0) is 4.79 Å². The summed E-state index contributed by atoms with van der Waals surface area (Å²) in [4.78, 5) is 14.2. The SMILES string of the molecule is O=C(C(Cl)c1ccc(F)c(Br)c1)N1CCCCCC1. The summed E-state index contributed by atoms with van der Waals surface area (Å²) in [5.41, 5.74) is 0.629. The zero-order valence-corrected chi connectivity index (χ0v) is 12.9. The van der Waals surface area contributed by atoms with E-state index in [0.29, 0.717) is 10.0 Å². The highest BCUT2D eigenvalue weighted by Gasteiger charge is 2.24. The average Bonchev–Trinajstić information content (AvgIpc) is 2.69. The Hall–Kier alpha value is -0.610. The van der Waals surface area contributed by atoms with Gasteiger partial charge in [-0.05, 0) is 46.5 Å². The lowest BCUT2D eigenvalue weighted by molar-refractivity contribution is -0.130. The van der Waals surface area contributed by atoms with Crippen LogP contribution in [0.1, 0.15) is 36.6 Å². The van der Waals surface area contributed by atoms with Crippen LogP contribution in [0, 0.1) is 5.82 Å². The summed E-state index contributed by atoms with van der Waals surface area (Å²) in [6.45, 7) is 1.54. The number of alkyl halides is 1. The largest absolute Gasteiger partial charge is 0.341 e. The van der Waals surface area contributed by atoms with E-state index in [1.165, 1.54) is 18.9 Å². The molecule has 19 heavy (non-hydrogen) atoms. The van der Waals surface area contributed by atoms with E-state index in [1.807, 2.05) is 4.90 Å². The molecule has 0 spiro atoms. The Morgan fingerprint density at radius 1 is 1.26 bits per heavy atom. The molecule has 1 aliphatic heterocycles. The van der Waals surface area contributed by atoms with Crippen molar-refractivity contribution >= 4 is 33.4 Å². The first kappa shape index (κ1) is 14.8. The number of amides is 1. The predicted octanol–water partition coefficient (Wildman–Crippen LogP) is 4.27. The van der Waals surface area contributed by atoms with Gasteiger partial charge in [-0.1, -0.05) is 18.9 Å². The van der Waals surface area contributed by atoms with E-state index in [4.69, 9.17) is 11.6 Å². The van der Waals surface area contributed by atoms with Crippen LogP contribution in [0.15, 0.2) is 22.7 Å². The van der Waals surface area contributed by atoms with Gasteiger partial charge in [0, 0.05) is 13.1 Å². The molecular weight excluding hydrogens is 333 g/mol. The van der Waals surface area contributed by atoms with Crippen molar-refractivity contribution in [3.63, 3.8) is 0 Å². The van der Waals surface area contributed by atoms with E-state index in [1.54, 1.807) is 12.1 Å². The first-order valence-corrected chi connectivity index (χ1v) is 7.70. The van der Waals surface area contributed by atoms with Crippen LogP contribution in [0.4, 0.5) is 4.39 Å². The molecule has 1 aromatic rings. The van der Waals surface area contributed by atoms with Crippen molar-refractivity contribution in [2.75, 3.05) is 13.1 Å². The summed E-state index contributed by atoms with van der Waals surface area (Å²) in [6.07, 6.45) is 4.39. The third-order valence-electron chi connectivity index (χ3n) is 3.37. The fourth-order valence-corrected chi connectivity index (χ4v) is 2.93. The molecule has 1 saturated heterocycles. The van der Waals surface area contributed by atoms with Gasteiger partial charge in [0.05, 0.1) is 4.47 Å². The maximum Gasteiger partial charge on any atom is 0.245 e. The van der Waals surface area contributed by atoms with Gasteiger partial charge in [0.1, 0.15) is 11.2 Å². The number of halogens is 3. The van der Waals surface area contributed by atoms with Crippen molar-refractivity contribution < 1.29 is 9.18 Å². The molecule has 0 aromatic heterocycles. The van der Waals surface area contributed by atoms with Gasteiger partial charge in [-0.25, -0.2) is 4.39 Å². The third-order valence-corrected chi connectivity index (χ3v) is 4.42. The summed E-state index contributed by atoms with van der Waals surface area (Å²) >= 11 is 9.35. The minimum Gasteiger partial charge on any atom is -0.341 e. The van der Waals surface area contributed by atoms with Crippen LogP contribution in [0.3, 0.4) is 0 Å². The number of nitrogens with zero attached hydrogens (tertiary/aromatic N) is 1. The molecule has 0 aliphatic carbocycles. The van der Waals surface area contributed by atoms with Gasteiger partial charge < -0.3 is 4.90 Å². The van der Waals surface area contributed by atoms with Gasteiger partial charge in [0.2, 0.25) is 5.91 Å². The Balaban J connectivity index is 2.10. The van der Waals surface area contributed by atoms with E-state index >= 15 is 0 Å². The Kier molecular flexibility index (Phi) is 5.22. The highest BCUT2D eigenvalue weighted by molar-refractivity contribution is 9.10. The topological polar surface area (TPSA) is 20.3 Å². The van der Waals surface area contributed by atoms with Crippen molar-refractivity contribution in [1.82, 2.24) is 4.90 Å². The van der Waals surface area contributed by atoms with Gasteiger partial charge in [0.15, 0.2) is 0 Å². The smallest absolute Gasteiger partial charge is 0.245 e. The quantitative estimate of drug-likeness (QED) is 0.731. The standard InChI is InChI=1S/C14H16BrClFNO/c15-11-9-10(5-6-12(11)17)13(16)14(19)18-7-3-1-2-4-8-18/h5-6,9,13H,1-4,7-8H2. The number of benzene rings is 1. The van der Waals surface area contributed by atoms with Crippen LogP contribution in [0.2, 0.25) is 0 Å². The lowest BCUT2D eigenvalue weighted by Crippen LogP contribution is -2.34. The minimum absolute atomic E-state index is 0.0814. The predicted molar refractivity (Wildman–Crippen MR) is 77.7 cm³/mol. The lowest BCUT2D eigenvalue weighted by atomic mass is 10.1. The molecule has 1 fully saturated rings. The molecule has 1 aromatic carbocycles. The normalized spacial score (nSPS) is 17.9. The van der Waals surface area contributed by atoms with Crippen LogP contribution in [0.5, 0.6) is 0 Å². The summed E-state index contributed by atoms with van der Waals surface area (Å²) in [7, 11) is 0. The van der Waals surface area contributed by atoms with Gasteiger partial charge >= 0.3 is 0 Å². The molecule has 1 amide bonds. The minimum atomic E-state index is -0.741. The fraction of sp³-hybridized carbons (Fsp3) is 0.500. The van der Waals surface area contributed by atoms with Gasteiger partial charge in [-0.2, -0.15) is 0 Å². The summed E-state index contributed by atoms with van der Waals surface area (Å²) in [5, 5.41) is -0.741. The molecule has 2 rings (SSSR count). The molecule has 104 valence electrons. The van der Waals surface area contributed by atoms with E-state index in [0.717, 1.165) is 25.9 Å². The molecule has 1 heterocycles. The van der Waals surface area contributed by atoms with Gasteiger partial charge in [-0.15, -0.1) is 11.6 Å². The Morgan fingerprint density at radius 3 is 2.47 bits per heavy atom. The molecule has 0 N–H and O–H groups in total. The number of hydrogen-bond acceptors (Lipinski definition) is 1. The summed E-state index contributed by atoms with van der Waals surface area (Å²) < 4.78 is 13.5. The van der Waals surface area contributed by atoms with Crippen molar-refractivity contribution in [3.05, 3.63) is 34.1 Å². The molecule has 1 aliphatic rings. The first-order chi connectivity index (χ1) is 9.09. The highest BCUT2D eigenvalue weighted by Crippen LogP contribution is 2.28. The zero-order valence-electron chi connectivity index (χ0n) is 10.5. The second kappa shape index (κ2) is 6.71. The van der Waals surface area contributed by atoms with Crippen molar-refractivity contribution in [2.24, 2.45) is 0 Å². The molecule has 1 unspecified atom stereocenters. The Bertz CT molecular complexity index is 461. The molecule has 0 radical (unpaired) electrons. The third kappa shape index (κ3) is 3.69. The molecule has 1 atom stereocenters. The first-order valence-electron chi connectivity index (χ1n) is 6.47. The van der Waals surface area contributed by atoms with E-state index < -0.39 is 5.38 Å². The highest BCUT2D eigenvalue weighted by atomic mass is 79.9. The Morgan fingerprint density at radius 2 is 1.89 bits per heavy atom. The van der Waals surface area contributed by atoms with Crippen LogP contribution < -0.4 is 0 Å². The lowest BCUT2D eigenvalue weighted by Gasteiger charge is -2.23. The number of likely N-dealkylation sites (tertiary alicyclic amines) is 1. The van der Waals surface area contributed by atoms with Crippen LogP contribution in [0.25, 0.3) is 0 Å². The van der Waals surface area contributed by atoms with Crippen LogP contribution in [-0.4, -0.2) is 23.9 Å². The van der Waals surface area contributed by atoms with Crippen molar-refractivity contribution in [3.8, 4) is 0 Å². The number of carbonyl (C=O) groups excluding carboxylic acids is 1. The molecule has 0 saturated carbocycles. The second-order valence-electron chi connectivity index (χ2n) is 4.78. The van der Waals surface area contributed by atoms with Crippen molar-refractivity contribution in [2.45, 2.75) is 31.1 Å².